The lowest BCUT2D eigenvalue weighted by molar-refractivity contribution is -0.308. The summed E-state index contributed by atoms with van der Waals surface area (Å²) in [6.45, 7) is 0.0890. The van der Waals surface area contributed by atoms with Crippen molar-refractivity contribution in [1.29, 1.82) is 0 Å². The third-order valence-corrected chi connectivity index (χ3v) is 6.20. The predicted molar refractivity (Wildman–Crippen MR) is 103 cm³/mol. The largest absolute Gasteiger partial charge is 0.434 e. The van der Waals surface area contributed by atoms with Gasteiger partial charge in [-0.25, -0.2) is 13.2 Å². The molecule has 1 saturated heterocycles. The van der Waals surface area contributed by atoms with Crippen LogP contribution in [0, 0.1) is 5.92 Å². The number of carbonyl (C=O) groups is 2. The monoisotopic (exact) mass is 504 g/mol. The molecule has 1 aromatic carbocycles. The average molecular weight is 504 g/mol. The molecule has 1 heterocycles. The Morgan fingerprint density at radius 3 is 2.03 bits per heavy atom. The Labute approximate surface area is 186 Å². The summed E-state index contributed by atoms with van der Waals surface area (Å²) in [5, 5.41) is 2.65. The van der Waals surface area contributed by atoms with E-state index in [-0.39, 0.29) is 36.0 Å². The Morgan fingerprint density at radius 2 is 1.58 bits per heavy atom. The van der Waals surface area contributed by atoms with E-state index in [1.807, 2.05) is 0 Å². The first-order valence-electron chi connectivity index (χ1n) is 9.76. The number of hydrogen-bond acceptors (Lipinski definition) is 5. The van der Waals surface area contributed by atoms with E-state index in [0.29, 0.717) is 19.3 Å². The summed E-state index contributed by atoms with van der Waals surface area (Å²) < 4.78 is 102. The van der Waals surface area contributed by atoms with Crippen LogP contribution < -0.4 is 5.32 Å². The van der Waals surface area contributed by atoms with Gasteiger partial charge in [-0.15, -0.1) is 0 Å². The van der Waals surface area contributed by atoms with Gasteiger partial charge >= 0.3 is 18.4 Å². The third-order valence-electron chi connectivity index (χ3n) is 5.07. The van der Waals surface area contributed by atoms with Gasteiger partial charge in [0.05, 0.1) is 4.90 Å². The van der Waals surface area contributed by atoms with Crippen LogP contribution in [0.3, 0.4) is 0 Å². The van der Waals surface area contributed by atoms with Crippen molar-refractivity contribution in [2.45, 2.75) is 42.6 Å². The number of halogens is 6. The second kappa shape index (κ2) is 10.2. The number of sulfone groups is 1. The molecule has 0 aliphatic carbocycles. The topological polar surface area (TPSA) is 92.8 Å². The number of piperidine rings is 1. The Bertz CT molecular complexity index is 925. The molecule has 0 spiro atoms. The molecule has 14 heteroatoms. The smallest absolute Gasteiger partial charge is 0.426 e. The number of nitrogens with zero attached hydrogens (tertiary/aromatic N) is 1. The van der Waals surface area contributed by atoms with Crippen molar-refractivity contribution < 1.29 is 49.1 Å². The van der Waals surface area contributed by atoms with Gasteiger partial charge < -0.3 is 15.0 Å². The van der Waals surface area contributed by atoms with Gasteiger partial charge in [0, 0.05) is 31.5 Å². The van der Waals surface area contributed by atoms with Crippen molar-refractivity contribution in [3.05, 3.63) is 29.8 Å². The van der Waals surface area contributed by atoms with E-state index < -0.39 is 40.3 Å². The second-order valence-electron chi connectivity index (χ2n) is 7.62. The van der Waals surface area contributed by atoms with Gasteiger partial charge in [-0.05, 0) is 49.4 Å². The first-order valence-corrected chi connectivity index (χ1v) is 11.7. The highest BCUT2D eigenvalue weighted by atomic mass is 32.2. The van der Waals surface area contributed by atoms with Crippen LogP contribution in [0.5, 0.6) is 0 Å². The molecule has 0 saturated carbocycles. The zero-order valence-electron chi connectivity index (χ0n) is 17.4. The number of alkyl halides is 6. The fourth-order valence-corrected chi connectivity index (χ4v) is 3.87. The molecule has 1 aromatic rings. The zero-order chi connectivity index (χ0) is 25.0. The number of rotatable bonds is 6. The number of nitrogens with one attached hydrogen (secondary N) is 1. The summed E-state index contributed by atoms with van der Waals surface area (Å²) in [6, 6.07) is 5.35. The molecule has 0 atom stereocenters. The summed E-state index contributed by atoms with van der Waals surface area (Å²) in [4.78, 5) is 24.8. The van der Waals surface area contributed by atoms with Crippen LogP contribution in [0.4, 0.5) is 31.1 Å². The highest BCUT2D eigenvalue weighted by molar-refractivity contribution is 7.90. The lowest BCUT2D eigenvalue weighted by atomic mass is 9.94. The fourth-order valence-electron chi connectivity index (χ4n) is 3.24. The highest BCUT2D eigenvalue weighted by Crippen LogP contribution is 2.36. The SMILES string of the molecule is CS(=O)(=O)c1ccc(C(=O)NCCC2CCN(C(=O)OC(C(F)(F)F)C(F)(F)F)CC2)cc1. The molecule has 0 unspecified atom stereocenters. The summed E-state index contributed by atoms with van der Waals surface area (Å²) in [7, 11) is -3.39. The van der Waals surface area contributed by atoms with Crippen molar-refractivity contribution in [2.24, 2.45) is 5.92 Å². The first kappa shape index (κ1) is 26.7. The van der Waals surface area contributed by atoms with E-state index in [1.165, 1.54) is 24.3 Å². The molecule has 7 nitrogen and oxygen atoms in total. The number of benzene rings is 1. The Balaban J connectivity index is 1.78. The van der Waals surface area contributed by atoms with Gasteiger partial charge in [-0.3, -0.25) is 4.79 Å². The van der Waals surface area contributed by atoms with Gasteiger partial charge in [0.25, 0.3) is 12.0 Å². The van der Waals surface area contributed by atoms with Gasteiger partial charge in [0.1, 0.15) is 0 Å². The van der Waals surface area contributed by atoms with Crippen LogP contribution in [0.25, 0.3) is 0 Å². The number of likely N-dealkylation sites (tertiary alicyclic amines) is 1. The predicted octanol–water partition coefficient (Wildman–Crippen LogP) is 3.55. The number of carbonyl (C=O) groups excluding carboxylic acids is 2. The van der Waals surface area contributed by atoms with Crippen molar-refractivity contribution in [2.75, 3.05) is 25.9 Å². The highest BCUT2D eigenvalue weighted by Gasteiger charge is 2.60. The van der Waals surface area contributed by atoms with Crippen LogP contribution in [-0.2, 0) is 14.6 Å². The molecule has 0 bridgehead atoms. The molecule has 1 aliphatic heterocycles. The molecule has 1 N–H and O–H groups in total. The molecule has 33 heavy (non-hydrogen) atoms. The minimum absolute atomic E-state index is 0.0111. The van der Waals surface area contributed by atoms with E-state index in [2.05, 4.69) is 10.1 Å². The number of ether oxygens (including phenoxy) is 1. The standard InChI is InChI=1S/C19H22F6N2O5S/c1-33(30,31)14-4-2-13(3-5-14)15(28)26-9-6-12-7-10-27(11-8-12)17(29)32-16(18(20,21)22)19(23,24)25/h2-5,12,16H,6-11H2,1H3,(H,26,28). The second-order valence-corrected chi connectivity index (χ2v) is 9.63. The van der Waals surface area contributed by atoms with Crippen molar-refractivity contribution in [3.63, 3.8) is 0 Å². The van der Waals surface area contributed by atoms with Crippen LogP contribution >= 0.6 is 0 Å². The molecule has 0 radical (unpaired) electrons. The average Bonchev–Trinajstić information content (AvgIpc) is 2.70. The zero-order valence-corrected chi connectivity index (χ0v) is 18.2. The summed E-state index contributed by atoms with van der Waals surface area (Å²) in [6.07, 6.45) is -15.3. The Kier molecular flexibility index (Phi) is 8.25. The summed E-state index contributed by atoms with van der Waals surface area (Å²) >= 11 is 0. The van der Waals surface area contributed by atoms with Crippen molar-refractivity contribution in [3.8, 4) is 0 Å². The van der Waals surface area contributed by atoms with Gasteiger partial charge in [-0.2, -0.15) is 26.3 Å². The number of amides is 2. The molecule has 186 valence electrons. The number of hydrogen-bond donors (Lipinski definition) is 1. The van der Waals surface area contributed by atoms with Gasteiger partial charge in [-0.1, -0.05) is 0 Å². The maximum Gasteiger partial charge on any atom is 0.434 e. The van der Waals surface area contributed by atoms with Crippen LogP contribution in [-0.4, -0.2) is 69.7 Å². The van der Waals surface area contributed by atoms with E-state index in [1.54, 1.807) is 0 Å². The normalized spacial score (nSPS) is 16.1. The van der Waals surface area contributed by atoms with E-state index in [0.717, 1.165) is 11.2 Å². The van der Waals surface area contributed by atoms with E-state index in [9.17, 15) is 44.3 Å². The molecular formula is C19H22F6N2O5S. The van der Waals surface area contributed by atoms with Crippen LogP contribution in [0.1, 0.15) is 29.6 Å². The lowest BCUT2D eigenvalue weighted by Crippen LogP contribution is -2.49. The van der Waals surface area contributed by atoms with Crippen LogP contribution in [0.15, 0.2) is 29.2 Å². The van der Waals surface area contributed by atoms with Crippen molar-refractivity contribution >= 4 is 21.8 Å². The van der Waals surface area contributed by atoms with Gasteiger partial charge in [0.2, 0.25) is 0 Å². The quantitative estimate of drug-likeness (QED) is 0.599. The van der Waals surface area contributed by atoms with E-state index in [4.69, 9.17) is 0 Å². The first-order chi connectivity index (χ1) is 15.1. The van der Waals surface area contributed by atoms with Crippen molar-refractivity contribution in [1.82, 2.24) is 10.2 Å². The maximum absolute atomic E-state index is 12.5. The molecular weight excluding hydrogens is 482 g/mol. The fraction of sp³-hybridized carbons (Fsp3) is 0.579. The third kappa shape index (κ3) is 7.79. The molecule has 1 fully saturated rings. The molecule has 2 rings (SSSR count). The van der Waals surface area contributed by atoms with Gasteiger partial charge in [0.15, 0.2) is 9.84 Å². The summed E-state index contributed by atoms with van der Waals surface area (Å²) in [5.74, 6) is -0.440. The Morgan fingerprint density at radius 1 is 1.06 bits per heavy atom. The molecule has 0 aromatic heterocycles. The van der Waals surface area contributed by atoms with E-state index >= 15 is 0 Å². The Hall–Kier alpha value is -2.51. The maximum atomic E-state index is 12.5. The minimum atomic E-state index is -5.77. The summed E-state index contributed by atoms with van der Waals surface area (Å²) in [5.41, 5.74) is 0.254. The minimum Gasteiger partial charge on any atom is -0.426 e. The lowest BCUT2D eigenvalue weighted by Gasteiger charge is -2.33. The van der Waals surface area contributed by atoms with Crippen LogP contribution in [0.2, 0.25) is 0 Å². The molecule has 1 aliphatic rings. The molecule has 2 amide bonds.